The summed E-state index contributed by atoms with van der Waals surface area (Å²) in [5.74, 6) is 0.621. The average Bonchev–Trinajstić information content (AvgIpc) is 3.18. The third-order valence-corrected chi connectivity index (χ3v) is 6.04. The molecule has 0 saturated carbocycles. The predicted molar refractivity (Wildman–Crippen MR) is 110 cm³/mol. The Morgan fingerprint density at radius 1 is 0.964 bits per heavy atom. The predicted octanol–water partition coefficient (Wildman–Crippen LogP) is 3.40. The molecule has 0 N–H and O–H groups in total. The number of nitrogens with zero attached hydrogens (tertiary/aromatic N) is 2. The lowest BCUT2D eigenvalue weighted by atomic mass is 9.86. The van der Waals surface area contributed by atoms with E-state index >= 15 is 0 Å². The summed E-state index contributed by atoms with van der Waals surface area (Å²) in [6.45, 7) is 11.6. The van der Waals surface area contributed by atoms with Crippen molar-refractivity contribution in [3.05, 3.63) is 35.4 Å². The lowest BCUT2D eigenvalue weighted by molar-refractivity contribution is -0.147. The number of carbonyl (C=O) groups excluding carboxylic acids is 2. The molecule has 0 bridgehead atoms. The van der Waals surface area contributed by atoms with Crippen LogP contribution in [0, 0.1) is 5.92 Å². The first kappa shape index (κ1) is 20.8. The summed E-state index contributed by atoms with van der Waals surface area (Å²) in [5.41, 5.74) is 2.33. The highest BCUT2D eigenvalue weighted by Crippen LogP contribution is 2.32. The zero-order valence-electron chi connectivity index (χ0n) is 17.7. The lowest BCUT2D eigenvalue weighted by Crippen LogP contribution is -2.52. The topological polar surface area (TPSA) is 49.9 Å². The molecule has 2 fully saturated rings. The summed E-state index contributed by atoms with van der Waals surface area (Å²) in [6, 6.07) is 8.12. The van der Waals surface area contributed by atoms with Crippen LogP contribution < -0.4 is 0 Å². The van der Waals surface area contributed by atoms with Crippen molar-refractivity contribution in [1.29, 1.82) is 0 Å². The number of hydrogen-bond donors (Lipinski definition) is 0. The Morgan fingerprint density at radius 3 is 2.14 bits per heavy atom. The molecule has 0 radical (unpaired) electrons. The van der Waals surface area contributed by atoms with Crippen molar-refractivity contribution in [2.24, 2.45) is 5.92 Å². The smallest absolute Gasteiger partial charge is 0.245 e. The van der Waals surface area contributed by atoms with Crippen molar-refractivity contribution < 1.29 is 14.3 Å². The zero-order chi connectivity index (χ0) is 20.3. The molecule has 1 unspecified atom stereocenters. The van der Waals surface area contributed by atoms with E-state index in [2.05, 4.69) is 52.0 Å². The molecule has 5 heteroatoms. The van der Waals surface area contributed by atoms with Crippen LogP contribution in [0.5, 0.6) is 0 Å². The minimum Gasteiger partial charge on any atom is -0.378 e. The Hall–Kier alpha value is -1.88. The molecule has 2 heterocycles. The molecular weight excluding hydrogens is 352 g/mol. The van der Waals surface area contributed by atoms with E-state index in [4.69, 9.17) is 4.74 Å². The molecule has 3 rings (SSSR count). The second-order valence-corrected chi connectivity index (χ2v) is 8.67. The fraction of sp³-hybridized carbons (Fsp3) is 0.652. The number of rotatable bonds is 5. The van der Waals surface area contributed by atoms with Crippen LogP contribution in [0.15, 0.2) is 24.3 Å². The summed E-state index contributed by atoms with van der Waals surface area (Å²) >= 11 is 0. The van der Waals surface area contributed by atoms with Crippen LogP contribution in [-0.4, -0.2) is 60.5 Å². The van der Waals surface area contributed by atoms with Gasteiger partial charge in [-0.25, -0.2) is 0 Å². The van der Waals surface area contributed by atoms with Crippen molar-refractivity contribution in [2.45, 2.75) is 58.4 Å². The molecule has 1 aromatic carbocycles. The molecule has 0 aromatic heterocycles. The SMILES string of the molecule is CC(C)c1ccc(C(C(=O)N2CCC[C@H]2C(=O)N2CCOCC2)C(C)C)cc1. The highest BCUT2D eigenvalue weighted by molar-refractivity contribution is 5.91. The summed E-state index contributed by atoms with van der Waals surface area (Å²) in [7, 11) is 0. The highest BCUT2D eigenvalue weighted by Gasteiger charge is 2.40. The van der Waals surface area contributed by atoms with Crippen molar-refractivity contribution in [2.75, 3.05) is 32.8 Å². The molecule has 2 saturated heterocycles. The Kier molecular flexibility index (Phi) is 6.76. The largest absolute Gasteiger partial charge is 0.378 e. The summed E-state index contributed by atoms with van der Waals surface area (Å²) in [4.78, 5) is 30.3. The van der Waals surface area contributed by atoms with Crippen LogP contribution in [0.3, 0.4) is 0 Å². The van der Waals surface area contributed by atoms with Crippen LogP contribution >= 0.6 is 0 Å². The van der Waals surface area contributed by atoms with E-state index in [1.165, 1.54) is 5.56 Å². The Morgan fingerprint density at radius 2 is 1.57 bits per heavy atom. The van der Waals surface area contributed by atoms with E-state index in [0.717, 1.165) is 18.4 Å². The highest BCUT2D eigenvalue weighted by atomic mass is 16.5. The maximum Gasteiger partial charge on any atom is 0.245 e. The molecule has 2 aliphatic heterocycles. The molecule has 0 aliphatic carbocycles. The number of ether oxygens (including phenoxy) is 1. The van der Waals surface area contributed by atoms with Gasteiger partial charge in [-0.3, -0.25) is 9.59 Å². The number of hydrogen-bond acceptors (Lipinski definition) is 3. The van der Waals surface area contributed by atoms with Gasteiger partial charge >= 0.3 is 0 Å². The van der Waals surface area contributed by atoms with Crippen LogP contribution in [-0.2, 0) is 14.3 Å². The molecule has 2 aliphatic rings. The van der Waals surface area contributed by atoms with Crippen LogP contribution in [0.4, 0.5) is 0 Å². The summed E-state index contributed by atoms with van der Waals surface area (Å²) < 4.78 is 5.37. The number of carbonyl (C=O) groups is 2. The van der Waals surface area contributed by atoms with Gasteiger partial charge in [0.1, 0.15) is 6.04 Å². The van der Waals surface area contributed by atoms with E-state index in [0.29, 0.717) is 38.8 Å². The fourth-order valence-corrected chi connectivity index (χ4v) is 4.36. The first-order valence-electron chi connectivity index (χ1n) is 10.7. The van der Waals surface area contributed by atoms with Crippen molar-refractivity contribution in [1.82, 2.24) is 9.80 Å². The lowest BCUT2D eigenvalue weighted by Gasteiger charge is -2.34. The van der Waals surface area contributed by atoms with Crippen molar-refractivity contribution in [3.8, 4) is 0 Å². The van der Waals surface area contributed by atoms with Gasteiger partial charge in [0.05, 0.1) is 19.1 Å². The third-order valence-electron chi connectivity index (χ3n) is 6.04. The second kappa shape index (κ2) is 9.08. The number of likely N-dealkylation sites (tertiary alicyclic amines) is 1. The average molecular weight is 387 g/mol. The van der Waals surface area contributed by atoms with E-state index in [1.54, 1.807) is 0 Å². The van der Waals surface area contributed by atoms with Crippen molar-refractivity contribution >= 4 is 11.8 Å². The van der Waals surface area contributed by atoms with E-state index in [-0.39, 0.29) is 29.7 Å². The van der Waals surface area contributed by atoms with E-state index in [9.17, 15) is 9.59 Å². The van der Waals surface area contributed by atoms with Crippen LogP contribution in [0.1, 0.15) is 63.5 Å². The third kappa shape index (κ3) is 4.40. The monoisotopic (exact) mass is 386 g/mol. The fourth-order valence-electron chi connectivity index (χ4n) is 4.36. The van der Waals surface area contributed by atoms with Gasteiger partial charge in [0.15, 0.2) is 0 Å². The Bertz CT molecular complexity index is 678. The van der Waals surface area contributed by atoms with Gasteiger partial charge < -0.3 is 14.5 Å². The number of benzene rings is 1. The van der Waals surface area contributed by atoms with Gasteiger partial charge in [0, 0.05) is 19.6 Å². The molecule has 2 amide bonds. The van der Waals surface area contributed by atoms with Gasteiger partial charge in [-0.15, -0.1) is 0 Å². The Labute approximate surface area is 169 Å². The molecule has 5 nitrogen and oxygen atoms in total. The first-order chi connectivity index (χ1) is 13.4. The Balaban J connectivity index is 1.79. The minimum absolute atomic E-state index is 0.0896. The van der Waals surface area contributed by atoms with Gasteiger partial charge in [0.2, 0.25) is 11.8 Å². The standard InChI is InChI=1S/C23H34N2O3/c1-16(2)18-7-9-19(10-8-18)21(17(3)4)23(27)25-11-5-6-20(25)22(26)24-12-14-28-15-13-24/h7-10,16-17,20-21H,5-6,11-15H2,1-4H3/t20-,21?/m0/s1. The molecule has 0 spiro atoms. The van der Waals surface area contributed by atoms with Gasteiger partial charge in [0.25, 0.3) is 0 Å². The molecule has 1 aromatic rings. The van der Waals surface area contributed by atoms with E-state index < -0.39 is 0 Å². The molecule has 154 valence electrons. The quantitative estimate of drug-likeness (QED) is 0.779. The second-order valence-electron chi connectivity index (χ2n) is 8.67. The number of amides is 2. The van der Waals surface area contributed by atoms with Gasteiger partial charge in [-0.2, -0.15) is 0 Å². The maximum absolute atomic E-state index is 13.5. The van der Waals surface area contributed by atoms with Gasteiger partial charge in [-0.05, 0) is 35.8 Å². The van der Waals surface area contributed by atoms with Crippen LogP contribution in [0.25, 0.3) is 0 Å². The van der Waals surface area contributed by atoms with Crippen LogP contribution in [0.2, 0.25) is 0 Å². The molecule has 2 atom stereocenters. The van der Waals surface area contributed by atoms with E-state index in [1.807, 2.05) is 9.80 Å². The summed E-state index contributed by atoms with van der Waals surface area (Å²) in [5, 5.41) is 0. The van der Waals surface area contributed by atoms with Crippen molar-refractivity contribution in [3.63, 3.8) is 0 Å². The molecular formula is C23H34N2O3. The molecule has 28 heavy (non-hydrogen) atoms. The normalized spacial score (nSPS) is 21.4. The number of morpholine rings is 1. The minimum atomic E-state index is -0.318. The maximum atomic E-state index is 13.5. The first-order valence-corrected chi connectivity index (χ1v) is 10.7. The summed E-state index contributed by atoms with van der Waals surface area (Å²) in [6.07, 6.45) is 1.66. The van der Waals surface area contributed by atoms with Gasteiger partial charge in [-0.1, -0.05) is 52.0 Å². The zero-order valence-corrected chi connectivity index (χ0v) is 17.7.